The summed E-state index contributed by atoms with van der Waals surface area (Å²) in [5.74, 6) is 1.74. The number of nitrogens with one attached hydrogen (secondary N) is 3. The van der Waals surface area contributed by atoms with E-state index < -0.39 is 0 Å². The lowest BCUT2D eigenvalue weighted by Gasteiger charge is -2.39. The van der Waals surface area contributed by atoms with Crippen molar-refractivity contribution in [2.45, 2.75) is 57.0 Å². The Kier molecular flexibility index (Phi) is 4.30. The Balaban J connectivity index is 1.43. The number of aromatic amines is 1. The van der Waals surface area contributed by atoms with Crippen LogP contribution in [-0.4, -0.2) is 39.7 Å². The van der Waals surface area contributed by atoms with Crippen LogP contribution in [-0.2, 0) is 11.2 Å². The average molecular weight is 277 g/mol. The summed E-state index contributed by atoms with van der Waals surface area (Å²) in [6.07, 6.45) is 9.57. The highest BCUT2D eigenvalue weighted by Gasteiger charge is 2.34. The SMILES string of the molecule is O=C(NCCc1ncn[nH]1)C1CCC2CCCCC2N1. The molecule has 2 heterocycles. The summed E-state index contributed by atoms with van der Waals surface area (Å²) < 4.78 is 0. The number of amides is 1. The van der Waals surface area contributed by atoms with Crippen LogP contribution >= 0.6 is 0 Å². The molecule has 20 heavy (non-hydrogen) atoms. The van der Waals surface area contributed by atoms with Crippen LogP contribution in [0.25, 0.3) is 0 Å². The molecule has 0 aromatic carbocycles. The fourth-order valence-corrected chi connectivity index (χ4v) is 3.48. The van der Waals surface area contributed by atoms with Gasteiger partial charge < -0.3 is 10.6 Å². The first-order chi connectivity index (χ1) is 9.83. The van der Waals surface area contributed by atoms with Gasteiger partial charge in [0.1, 0.15) is 12.2 Å². The first kappa shape index (κ1) is 13.5. The van der Waals surface area contributed by atoms with Crippen LogP contribution in [0.5, 0.6) is 0 Å². The topological polar surface area (TPSA) is 82.7 Å². The smallest absolute Gasteiger partial charge is 0.237 e. The zero-order valence-corrected chi connectivity index (χ0v) is 11.8. The lowest BCUT2D eigenvalue weighted by Crippen LogP contribution is -2.55. The maximum Gasteiger partial charge on any atom is 0.237 e. The maximum absolute atomic E-state index is 12.2. The molecule has 1 saturated carbocycles. The van der Waals surface area contributed by atoms with E-state index in [1.165, 1.54) is 38.4 Å². The standard InChI is InChI=1S/C14H23N5O/c20-14(15-8-7-13-16-9-17-19-13)12-6-5-10-3-1-2-4-11(10)18-12/h9-12,18H,1-8H2,(H,15,20)(H,16,17,19). The van der Waals surface area contributed by atoms with Crippen molar-refractivity contribution < 1.29 is 4.79 Å². The number of nitrogens with zero attached hydrogens (tertiary/aromatic N) is 2. The van der Waals surface area contributed by atoms with Crippen LogP contribution in [0.1, 0.15) is 44.3 Å². The largest absolute Gasteiger partial charge is 0.354 e. The normalized spacial score (nSPS) is 29.7. The van der Waals surface area contributed by atoms with Crippen LogP contribution in [0.3, 0.4) is 0 Å². The molecule has 0 bridgehead atoms. The van der Waals surface area contributed by atoms with Gasteiger partial charge in [0.15, 0.2) is 0 Å². The summed E-state index contributed by atoms with van der Waals surface area (Å²) in [7, 11) is 0. The Morgan fingerprint density at radius 3 is 3.05 bits per heavy atom. The summed E-state index contributed by atoms with van der Waals surface area (Å²) >= 11 is 0. The van der Waals surface area contributed by atoms with Gasteiger partial charge in [0.2, 0.25) is 5.91 Å². The molecule has 1 aromatic rings. The number of aromatic nitrogens is 3. The van der Waals surface area contributed by atoms with Gasteiger partial charge in [0.05, 0.1) is 6.04 Å². The molecule has 1 aliphatic heterocycles. The third-order valence-electron chi connectivity index (χ3n) is 4.59. The zero-order chi connectivity index (χ0) is 13.8. The van der Waals surface area contributed by atoms with Crippen molar-refractivity contribution in [3.05, 3.63) is 12.2 Å². The number of carbonyl (C=O) groups excluding carboxylic acids is 1. The predicted octanol–water partition coefficient (Wildman–Crippen LogP) is 0.774. The lowest BCUT2D eigenvalue weighted by atomic mass is 9.77. The predicted molar refractivity (Wildman–Crippen MR) is 75.0 cm³/mol. The number of rotatable bonds is 4. The number of piperidine rings is 1. The van der Waals surface area contributed by atoms with Crippen molar-refractivity contribution in [3.63, 3.8) is 0 Å². The van der Waals surface area contributed by atoms with E-state index in [1.54, 1.807) is 0 Å². The maximum atomic E-state index is 12.2. The van der Waals surface area contributed by atoms with Gasteiger partial charge in [-0.15, -0.1) is 0 Å². The molecule has 1 saturated heterocycles. The Bertz CT molecular complexity index is 433. The molecule has 110 valence electrons. The highest BCUT2D eigenvalue weighted by Crippen LogP contribution is 2.32. The summed E-state index contributed by atoms with van der Waals surface area (Å²) in [6, 6.07) is 0.548. The monoisotopic (exact) mass is 277 g/mol. The zero-order valence-electron chi connectivity index (χ0n) is 11.8. The first-order valence-corrected chi connectivity index (χ1v) is 7.71. The van der Waals surface area contributed by atoms with Crippen LogP contribution in [0.2, 0.25) is 0 Å². The average Bonchev–Trinajstić information content (AvgIpc) is 3.00. The molecule has 3 unspecified atom stereocenters. The third kappa shape index (κ3) is 3.17. The fraction of sp³-hybridized carbons (Fsp3) is 0.786. The first-order valence-electron chi connectivity index (χ1n) is 7.71. The quantitative estimate of drug-likeness (QED) is 0.759. The van der Waals surface area contributed by atoms with E-state index in [2.05, 4.69) is 25.8 Å². The van der Waals surface area contributed by atoms with E-state index in [1.807, 2.05) is 0 Å². The van der Waals surface area contributed by atoms with Gasteiger partial charge in [-0.05, 0) is 31.6 Å². The molecular weight excluding hydrogens is 254 g/mol. The summed E-state index contributed by atoms with van der Waals surface area (Å²) in [4.78, 5) is 16.2. The molecule has 2 fully saturated rings. The van der Waals surface area contributed by atoms with Gasteiger partial charge in [-0.25, -0.2) is 4.98 Å². The lowest BCUT2D eigenvalue weighted by molar-refractivity contribution is -0.124. The van der Waals surface area contributed by atoms with Gasteiger partial charge >= 0.3 is 0 Å². The third-order valence-corrected chi connectivity index (χ3v) is 4.59. The number of hydrogen-bond acceptors (Lipinski definition) is 4. The Morgan fingerprint density at radius 1 is 1.30 bits per heavy atom. The minimum Gasteiger partial charge on any atom is -0.354 e. The number of H-pyrrole nitrogens is 1. The van der Waals surface area contributed by atoms with Crippen molar-refractivity contribution in [3.8, 4) is 0 Å². The van der Waals surface area contributed by atoms with Crippen molar-refractivity contribution in [1.29, 1.82) is 0 Å². The molecule has 1 amide bonds. The second-order valence-electron chi connectivity index (χ2n) is 5.92. The van der Waals surface area contributed by atoms with Gasteiger partial charge in [0.25, 0.3) is 0 Å². The van der Waals surface area contributed by atoms with Crippen molar-refractivity contribution in [1.82, 2.24) is 25.8 Å². The van der Waals surface area contributed by atoms with E-state index >= 15 is 0 Å². The Morgan fingerprint density at radius 2 is 2.20 bits per heavy atom. The van der Waals surface area contributed by atoms with Crippen molar-refractivity contribution in [2.24, 2.45) is 5.92 Å². The van der Waals surface area contributed by atoms with E-state index in [4.69, 9.17) is 0 Å². The molecule has 6 nitrogen and oxygen atoms in total. The van der Waals surface area contributed by atoms with Crippen LogP contribution in [0.15, 0.2) is 6.33 Å². The number of fused-ring (bicyclic) bond motifs is 1. The van der Waals surface area contributed by atoms with E-state index in [-0.39, 0.29) is 11.9 Å². The second-order valence-corrected chi connectivity index (χ2v) is 5.92. The number of carbonyl (C=O) groups is 1. The van der Waals surface area contributed by atoms with Gasteiger partial charge in [-0.2, -0.15) is 5.10 Å². The van der Waals surface area contributed by atoms with E-state index in [0.717, 1.165) is 18.2 Å². The molecule has 2 aliphatic rings. The Hall–Kier alpha value is -1.43. The molecule has 6 heteroatoms. The molecule has 0 spiro atoms. The van der Waals surface area contributed by atoms with E-state index in [0.29, 0.717) is 19.0 Å². The van der Waals surface area contributed by atoms with Gasteiger partial charge in [-0.1, -0.05) is 12.8 Å². The summed E-state index contributed by atoms with van der Waals surface area (Å²) in [5, 5.41) is 13.1. The van der Waals surface area contributed by atoms with Crippen LogP contribution in [0.4, 0.5) is 0 Å². The number of hydrogen-bond donors (Lipinski definition) is 3. The molecule has 3 atom stereocenters. The van der Waals surface area contributed by atoms with Crippen LogP contribution < -0.4 is 10.6 Å². The Labute approximate surface area is 119 Å². The molecule has 3 rings (SSSR count). The van der Waals surface area contributed by atoms with Gasteiger partial charge in [-0.3, -0.25) is 9.89 Å². The highest BCUT2D eigenvalue weighted by molar-refractivity contribution is 5.81. The molecule has 1 aromatic heterocycles. The highest BCUT2D eigenvalue weighted by atomic mass is 16.2. The second kappa shape index (κ2) is 6.35. The van der Waals surface area contributed by atoms with Crippen molar-refractivity contribution in [2.75, 3.05) is 6.54 Å². The minimum absolute atomic E-state index is 0.0101. The molecule has 3 N–H and O–H groups in total. The molecular formula is C14H23N5O. The fourth-order valence-electron chi connectivity index (χ4n) is 3.48. The molecule has 0 radical (unpaired) electrons. The van der Waals surface area contributed by atoms with Crippen molar-refractivity contribution >= 4 is 5.91 Å². The van der Waals surface area contributed by atoms with Crippen LogP contribution in [0, 0.1) is 5.92 Å². The molecule has 1 aliphatic carbocycles. The summed E-state index contributed by atoms with van der Waals surface area (Å²) in [6.45, 7) is 0.611. The van der Waals surface area contributed by atoms with E-state index in [9.17, 15) is 4.79 Å². The summed E-state index contributed by atoms with van der Waals surface area (Å²) in [5.41, 5.74) is 0. The minimum atomic E-state index is -0.0101. The van der Waals surface area contributed by atoms with Gasteiger partial charge in [0, 0.05) is 19.0 Å².